The zero-order valence-electron chi connectivity index (χ0n) is 26.1. The second-order valence-corrected chi connectivity index (χ2v) is 25.2. The van der Waals surface area contributed by atoms with Crippen LogP contribution in [0.1, 0.15) is 6.42 Å². The van der Waals surface area contributed by atoms with Gasteiger partial charge in [-0.2, -0.15) is 0 Å². The number of rotatable bonds is 27. The summed E-state index contributed by atoms with van der Waals surface area (Å²) in [7, 11) is -5.79. The van der Waals surface area contributed by atoms with E-state index in [0.29, 0.717) is 6.61 Å². The monoisotopic (exact) mass is 650 g/mol. The second kappa shape index (κ2) is 21.8. The highest BCUT2D eigenvalue weighted by Gasteiger charge is 2.39. The van der Waals surface area contributed by atoms with Crippen LogP contribution >= 0.6 is 0 Å². The van der Waals surface area contributed by atoms with Crippen molar-refractivity contribution in [1.82, 2.24) is 0 Å². The highest BCUT2D eigenvalue weighted by molar-refractivity contribution is 6.87. The maximum absolute atomic E-state index is 10.1. The average molecular weight is 651 g/mol. The summed E-state index contributed by atoms with van der Waals surface area (Å²) >= 11 is 0. The Kier molecular flexibility index (Phi) is 21.8. The van der Waals surface area contributed by atoms with Gasteiger partial charge in [-0.15, -0.1) is 0 Å². The zero-order chi connectivity index (χ0) is 31.5. The van der Waals surface area contributed by atoms with Crippen molar-refractivity contribution in [3.05, 3.63) is 0 Å². The molecule has 0 aromatic rings. The van der Waals surface area contributed by atoms with E-state index in [4.69, 9.17) is 42.1 Å². The van der Waals surface area contributed by atoms with Crippen LogP contribution in [0.25, 0.3) is 0 Å². The molecule has 16 heteroatoms. The summed E-state index contributed by atoms with van der Waals surface area (Å²) in [5, 5.41) is 57.5. The predicted octanol–water partition coefficient (Wildman–Crippen LogP) is 0.0313. The molecule has 5 unspecified atom stereocenters. The molecule has 0 rings (SSSR count). The normalized spacial score (nSPS) is 16.9. The fourth-order valence-electron chi connectivity index (χ4n) is 3.74. The van der Waals surface area contributed by atoms with Crippen LogP contribution in [0.2, 0.25) is 51.9 Å². The number of aliphatic hydroxyl groups is 6. The molecule has 0 aliphatic heterocycles. The highest BCUT2D eigenvalue weighted by Crippen LogP contribution is 2.25. The number of aliphatic hydroxyl groups excluding tert-OH is 6. The minimum Gasteiger partial charge on any atom is -0.437 e. The van der Waals surface area contributed by atoms with Gasteiger partial charge in [0.05, 0.1) is 66.1 Å². The minimum atomic E-state index is -2.30. The topological polar surface area (TPSA) is 186 Å². The standard InChI is InChI=1S/C25H58O13Si3/c1-39(2,3)37-41(7,38-40(4,5)6)10-8-9-32-13-22(28)14-34-17-24(30)18-36-20-25(31)19-35-16-23(29)15-33-12-21(27)11-26/h21-31H,8-20H2,1-7H3. The third-order valence-electron chi connectivity index (χ3n) is 4.97. The van der Waals surface area contributed by atoms with E-state index in [0.717, 1.165) is 12.5 Å². The zero-order valence-corrected chi connectivity index (χ0v) is 29.1. The lowest BCUT2D eigenvalue weighted by Gasteiger charge is -2.38. The fourth-order valence-corrected chi connectivity index (χ4v) is 16.2. The highest BCUT2D eigenvalue weighted by atomic mass is 28.5. The van der Waals surface area contributed by atoms with E-state index in [1.807, 2.05) is 0 Å². The Morgan fingerprint density at radius 3 is 1.05 bits per heavy atom. The summed E-state index contributed by atoms with van der Waals surface area (Å²) in [6, 6.07) is 0.829. The molecule has 0 aliphatic rings. The third-order valence-corrected chi connectivity index (χ3v) is 14.6. The maximum Gasteiger partial charge on any atom is 0.314 e. The maximum atomic E-state index is 10.1. The Hall–Kier alpha value is 0.131. The largest absolute Gasteiger partial charge is 0.437 e. The molecule has 0 aromatic carbocycles. The van der Waals surface area contributed by atoms with E-state index in [1.54, 1.807) is 0 Å². The van der Waals surface area contributed by atoms with Crippen LogP contribution in [0.4, 0.5) is 0 Å². The van der Waals surface area contributed by atoms with Gasteiger partial charge in [-0.25, -0.2) is 0 Å². The number of hydrogen-bond acceptors (Lipinski definition) is 13. The lowest BCUT2D eigenvalue weighted by atomic mass is 10.3. The summed E-state index contributed by atoms with van der Waals surface area (Å²) < 4.78 is 39.4. The van der Waals surface area contributed by atoms with Crippen LogP contribution in [0.15, 0.2) is 0 Å². The van der Waals surface area contributed by atoms with Crippen molar-refractivity contribution in [3.8, 4) is 0 Å². The van der Waals surface area contributed by atoms with E-state index in [-0.39, 0.29) is 59.5 Å². The Morgan fingerprint density at radius 1 is 0.463 bits per heavy atom. The van der Waals surface area contributed by atoms with Crippen molar-refractivity contribution in [3.63, 3.8) is 0 Å². The molecule has 0 heterocycles. The van der Waals surface area contributed by atoms with Gasteiger partial charge in [-0.1, -0.05) is 0 Å². The van der Waals surface area contributed by atoms with Crippen molar-refractivity contribution in [2.75, 3.05) is 72.7 Å². The van der Waals surface area contributed by atoms with E-state index in [1.165, 1.54) is 0 Å². The first kappa shape index (κ1) is 41.1. The van der Waals surface area contributed by atoms with E-state index in [9.17, 15) is 20.4 Å². The fraction of sp³-hybridized carbons (Fsp3) is 1.00. The molecule has 0 bridgehead atoms. The lowest BCUT2D eigenvalue weighted by molar-refractivity contribution is -0.0818. The molecule has 0 fully saturated rings. The van der Waals surface area contributed by atoms with Crippen molar-refractivity contribution in [2.45, 2.75) is 88.8 Å². The molecule has 13 nitrogen and oxygen atoms in total. The molecule has 0 radical (unpaired) electrons. The second-order valence-electron chi connectivity index (χ2n) is 12.3. The Balaban J connectivity index is 3.93. The molecule has 0 aliphatic carbocycles. The van der Waals surface area contributed by atoms with Crippen LogP contribution in [0, 0.1) is 0 Å². The van der Waals surface area contributed by atoms with Gasteiger partial charge in [0.2, 0.25) is 0 Å². The van der Waals surface area contributed by atoms with E-state index >= 15 is 0 Å². The van der Waals surface area contributed by atoms with Crippen LogP contribution in [-0.2, 0) is 31.9 Å². The van der Waals surface area contributed by atoms with Crippen LogP contribution < -0.4 is 0 Å². The summed E-state index contributed by atoms with van der Waals surface area (Å²) in [5.41, 5.74) is 0. The van der Waals surface area contributed by atoms with Crippen molar-refractivity contribution < 1.29 is 62.6 Å². The smallest absolute Gasteiger partial charge is 0.314 e. The molecule has 0 aromatic heterocycles. The average Bonchev–Trinajstić information content (AvgIpc) is 2.81. The summed E-state index contributed by atoms with van der Waals surface area (Å²) in [6.45, 7) is 14.8. The van der Waals surface area contributed by atoms with Gasteiger partial charge in [-0.3, -0.25) is 0 Å². The molecule has 5 atom stereocenters. The molecular weight excluding hydrogens is 593 g/mol. The third kappa shape index (κ3) is 26.3. The summed E-state index contributed by atoms with van der Waals surface area (Å²) in [4.78, 5) is 0. The SMILES string of the molecule is C[Si](C)(C)O[Si](C)(CCCOCC(O)COCC(O)COCC(O)COCC(O)COCC(O)CO)O[Si](C)(C)C. The van der Waals surface area contributed by atoms with Crippen molar-refractivity contribution in [2.24, 2.45) is 0 Å². The first-order valence-corrected chi connectivity index (χ1v) is 23.6. The molecule has 41 heavy (non-hydrogen) atoms. The molecule has 248 valence electrons. The lowest BCUT2D eigenvalue weighted by Crippen LogP contribution is -2.52. The first-order chi connectivity index (χ1) is 18.9. The van der Waals surface area contributed by atoms with E-state index in [2.05, 4.69) is 45.8 Å². The van der Waals surface area contributed by atoms with Gasteiger partial charge >= 0.3 is 8.56 Å². The quantitative estimate of drug-likeness (QED) is 0.0517. The van der Waals surface area contributed by atoms with Crippen molar-refractivity contribution in [1.29, 1.82) is 0 Å². The van der Waals surface area contributed by atoms with Crippen LogP contribution in [0.3, 0.4) is 0 Å². The van der Waals surface area contributed by atoms with Gasteiger partial charge < -0.3 is 62.6 Å². The molecule has 0 amide bonds. The molecule has 6 N–H and O–H groups in total. The van der Waals surface area contributed by atoms with Crippen LogP contribution in [0.5, 0.6) is 0 Å². The van der Waals surface area contributed by atoms with Crippen LogP contribution in [-0.4, -0.2) is 159 Å². The Bertz CT molecular complexity index is 621. The van der Waals surface area contributed by atoms with Gasteiger partial charge in [0.1, 0.15) is 30.5 Å². The van der Waals surface area contributed by atoms with Gasteiger partial charge in [0, 0.05) is 6.61 Å². The van der Waals surface area contributed by atoms with Gasteiger partial charge in [0.25, 0.3) is 0 Å². The van der Waals surface area contributed by atoms with E-state index < -0.39 is 62.3 Å². The van der Waals surface area contributed by atoms with Gasteiger partial charge in [-0.05, 0) is 58.3 Å². The number of ether oxygens (including phenoxy) is 5. The predicted molar refractivity (Wildman–Crippen MR) is 161 cm³/mol. The molecule has 0 saturated carbocycles. The van der Waals surface area contributed by atoms with Gasteiger partial charge in [0.15, 0.2) is 16.6 Å². The minimum absolute atomic E-state index is 0.00244. The molecule has 0 spiro atoms. The Morgan fingerprint density at radius 2 is 0.756 bits per heavy atom. The summed E-state index contributed by atoms with van der Waals surface area (Å²) in [6.07, 6.45) is -3.90. The molecular formula is C25H58O13Si3. The Labute approximate surface area is 249 Å². The first-order valence-electron chi connectivity index (χ1n) is 14.2. The summed E-state index contributed by atoms with van der Waals surface area (Å²) in [5.74, 6) is 0. The van der Waals surface area contributed by atoms with Crippen molar-refractivity contribution >= 4 is 25.2 Å². The number of hydrogen-bond donors (Lipinski definition) is 6. The molecule has 0 saturated heterocycles.